The second-order valence-electron chi connectivity index (χ2n) is 4.07. The first-order valence-electron chi connectivity index (χ1n) is 5.65. The monoisotopic (exact) mass is 203 g/mol. The fourth-order valence-electron chi connectivity index (χ4n) is 2.25. The van der Waals surface area contributed by atoms with Crippen LogP contribution < -0.4 is 4.90 Å². The predicted molar refractivity (Wildman–Crippen MR) is 62.4 cm³/mol. The molecule has 0 N–H and O–H groups in total. The van der Waals surface area contributed by atoms with Crippen molar-refractivity contribution in [1.82, 2.24) is 0 Å². The van der Waals surface area contributed by atoms with E-state index in [-0.39, 0.29) is 0 Å². The molecule has 2 heteroatoms. The van der Waals surface area contributed by atoms with E-state index < -0.39 is 0 Å². The number of nitrogens with zero attached hydrogens (tertiary/aromatic N) is 1. The molecule has 0 saturated carbocycles. The molecule has 0 radical (unpaired) electrons. The summed E-state index contributed by atoms with van der Waals surface area (Å²) in [5.74, 6) is 0. The van der Waals surface area contributed by atoms with E-state index in [1.54, 1.807) is 0 Å². The average molecular weight is 203 g/mol. The van der Waals surface area contributed by atoms with E-state index in [2.05, 4.69) is 30.0 Å². The van der Waals surface area contributed by atoms with E-state index in [1.807, 2.05) is 0 Å². The molecule has 0 atom stereocenters. The van der Waals surface area contributed by atoms with Crippen LogP contribution in [-0.2, 0) is 17.6 Å². The summed E-state index contributed by atoms with van der Waals surface area (Å²) in [5, 5.41) is 0. The fourth-order valence-corrected chi connectivity index (χ4v) is 2.25. The third kappa shape index (κ3) is 2.04. The van der Waals surface area contributed by atoms with Crippen molar-refractivity contribution in [1.29, 1.82) is 0 Å². The minimum atomic E-state index is 0.543. The lowest BCUT2D eigenvalue weighted by Gasteiger charge is -2.18. The number of fused-ring (bicyclic) bond motifs is 1. The van der Waals surface area contributed by atoms with Crippen LogP contribution in [0.1, 0.15) is 24.5 Å². The molecule has 2 nitrogen and oxygen atoms in total. The van der Waals surface area contributed by atoms with Gasteiger partial charge in [-0.1, -0.05) is 19.1 Å². The number of hydrogen-bond acceptors (Lipinski definition) is 2. The zero-order valence-corrected chi connectivity index (χ0v) is 9.20. The van der Waals surface area contributed by atoms with Crippen molar-refractivity contribution in [3.05, 3.63) is 29.3 Å². The molecule has 0 aliphatic carbocycles. The largest absolute Gasteiger partial charge is 0.371 e. The Bertz CT molecular complexity index is 360. The van der Waals surface area contributed by atoms with Crippen LogP contribution >= 0.6 is 0 Å². The summed E-state index contributed by atoms with van der Waals surface area (Å²) < 4.78 is 0. The Morgan fingerprint density at radius 2 is 2.33 bits per heavy atom. The standard InChI is InChI=1S/C13H17NO/c1-2-7-14-8-5-12-10-11(6-9-15)3-4-13(12)14/h3-4,9-10H,2,5-8H2,1H3. The van der Waals surface area contributed by atoms with Crippen LogP contribution in [-0.4, -0.2) is 19.4 Å². The summed E-state index contributed by atoms with van der Waals surface area (Å²) in [6.45, 7) is 4.48. The van der Waals surface area contributed by atoms with E-state index >= 15 is 0 Å². The molecule has 0 aromatic heterocycles. The summed E-state index contributed by atoms with van der Waals surface area (Å²) in [7, 11) is 0. The van der Waals surface area contributed by atoms with Crippen molar-refractivity contribution >= 4 is 12.0 Å². The molecule has 2 rings (SSSR count). The average Bonchev–Trinajstić information content (AvgIpc) is 2.62. The number of rotatable bonds is 4. The van der Waals surface area contributed by atoms with E-state index in [0.717, 1.165) is 31.4 Å². The molecule has 15 heavy (non-hydrogen) atoms. The number of carbonyl (C=O) groups is 1. The van der Waals surface area contributed by atoms with Crippen LogP contribution in [0.25, 0.3) is 0 Å². The molecule has 1 aromatic carbocycles. The lowest BCUT2D eigenvalue weighted by atomic mass is 10.1. The first-order valence-corrected chi connectivity index (χ1v) is 5.65. The Labute approximate surface area is 90.9 Å². The van der Waals surface area contributed by atoms with Crippen molar-refractivity contribution in [3.8, 4) is 0 Å². The number of hydrogen-bond donors (Lipinski definition) is 0. The maximum atomic E-state index is 10.4. The van der Waals surface area contributed by atoms with Crippen LogP contribution in [0.4, 0.5) is 5.69 Å². The fraction of sp³-hybridized carbons (Fsp3) is 0.462. The predicted octanol–water partition coefficient (Wildman–Crippen LogP) is 2.20. The molecule has 1 aliphatic rings. The molecule has 0 spiro atoms. The SMILES string of the molecule is CCCN1CCc2cc(CC=O)ccc21. The zero-order chi connectivity index (χ0) is 10.7. The second kappa shape index (κ2) is 4.47. The van der Waals surface area contributed by atoms with Crippen molar-refractivity contribution in [2.24, 2.45) is 0 Å². The lowest BCUT2D eigenvalue weighted by Crippen LogP contribution is -2.20. The maximum absolute atomic E-state index is 10.4. The van der Waals surface area contributed by atoms with Gasteiger partial charge in [-0.3, -0.25) is 0 Å². The highest BCUT2D eigenvalue weighted by Gasteiger charge is 2.17. The molecule has 0 unspecified atom stereocenters. The molecule has 80 valence electrons. The van der Waals surface area contributed by atoms with Gasteiger partial charge in [0, 0.05) is 25.2 Å². The van der Waals surface area contributed by atoms with Gasteiger partial charge in [0.1, 0.15) is 6.29 Å². The van der Waals surface area contributed by atoms with Crippen LogP contribution in [0.5, 0.6) is 0 Å². The Morgan fingerprint density at radius 1 is 1.47 bits per heavy atom. The molecule has 0 fully saturated rings. The van der Waals surface area contributed by atoms with Crippen LogP contribution in [0.2, 0.25) is 0 Å². The van der Waals surface area contributed by atoms with E-state index in [0.29, 0.717) is 6.42 Å². The third-order valence-electron chi connectivity index (χ3n) is 2.95. The van der Waals surface area contributed by atoms with Gasteiger partial charge in [0.05, 0.1) is 0 Å². The van der Waals surface area contributed by atoms with Gasteiger partial charge in [-0.05, 0) is 30.0 Å². The first-order chi connectivity index (χ1) is 7.35. The van der Waals surface area contributed by atoms with Gasteiger partial charge in [0.15, 0.2) is 0 Å². The zero-order valence-electron chi connectivity index (χ0n) is 9.20. The molecule has 0 bridgehead atoms. The van der Waals surface area contributed by atoms with Gasteiger partial charge in [0.2, 0.25) is 0 Å². The number of carbonyl (C=O) groups excluding carboxylic acids is 1. The number of benzene rings is 1. The van der Waals surface area contributed by atoms with Gasteiger partial charge < -0.3 is 9.69 Å². The van der Waals surface area contributed by atoms with Crippen LogP contribution in [0, 0.1) is 0 Å². The summed E-state index contributed by atoms with van der Waals surface area (Å²) in [6.07, 6.45) is 3.83. The Hall–Kier alpha value is -1.31. The van der Waals surface area contributed by atoms with Crippen molar-refractivity contribution in [3.63, 3.8) is 0 Å². The van der Waals surface area contributed by atoms with Crippen molar-refractivity contribution in [2.75, 3.05) is 18.0 Å². The van der Waals surface area contributed by atoms with Gasteiger partial charge >= 0.3 is 0 Å². The maximum Gasteiger partial charge on any atom is 0.124 e. The molecule has 1 aliphatic heterocycles. The summed E-state index contributed by atoms with van der Waals surface area (Å²) in [4.78, 5) is 12.9. The highest BCUT2D eigenvalue weighted by Crippen LogP contribution is 2.28. The smallest absolute Gasteiger partial charge is 0.124 e. The Kier molecular flexibility index (Phi) is 3.05. The second-order valence-corrected chi connectivity index (χ2v) is 4.07. The first kappa shape index (κ1) is 10.2. The van der Waals surface area contributed by atoms with Gasteiger partial charge in [-0.2, -0.15) is 0 Å². The topological polar surface area (TPSA) is 20.3 Å². The third-order valence-corrected chi connectivity index (χ3v) is 2.95. The highest BCUT2D eigenvalue weighted by molar-refractivity contribution is 5.62. The van der Waals surface area contributed by atoms with Gasteiger partial charge in [-0.15, -0.1) is 0 Å². The quantitative estimate of drug-likeness (QED) is 0.699. The van der Waals surface area contributed by atoms with Crippen molar-refractivity contribution < 1.29 is 4.79 Å². The highest BCUT2D eigenvalue weighted by atomic mass is 16.1. The van der Waals surface area contributed by atoms with E-state index in [9.17, 15) is 4.79 Å². The molecular formula is C13H17NO. The van der Waals surface area contributed by atoms with Crippen molar-refractivity contribution in [2.45, 2.75) is 26.2 Å². The summed E-state index contributed by atoms with van der Waals surface area (Å²) in [6, 6.07) is 6.41. The Morgan fingerprint density at radius 3 is 3.07 bits per heavy atom. The number of anilines is 1. The Balaban J connectivity index is 2.21. The molecule has 1 aromatic rings. The summed E-state index contributed by atoms with van der Waals surface area (Å²) >= 11 is 0. The minimum Gasteiger partial charge on any atom is -0.371 e. The van der Waals surface area contributed by atoms with Crippen LogP contribution in [0.3, 0.4) is 0 Å². The van der Waals surface area contributed by atoms with Gasteiger partial charge in [0.25, 0.3) is 0 Å². The van der Waals surface area contributed by atoms with Gasteiger partial charge in [-0.25, -0.2) is 0 Å². The van der Waals surface area contributed by atoms with E-state index in [1.165, 1.54) is 17.7 Å². The summed E-state index contributed by atoms with van der Waals surface area (Å²) in [5.41, 5.74) is 3.91. The molecule has 1 heterocycles. The molecule has 0 saturated heterocycles. The number of aldehydes is 1. The minimum absolute atomic E-state index is 0.543. The molecule has 0 amide bonds. The normalized spacial score (nSPS) is 14.1. The van der Waals surface area contributed by atoms with Crippen LogP contribution in [0.15, 0.2) is 18.2 Å². The van der Waals surface area contributed by atoms with E-state index in [4.69, 9.17) is 0 Å². The lowest BCUT2D eigenvalue weighted by molar-refractivity contribution is -0.107. The molecular weight excluding hydrogens is 186 g/mol.